The van der Waals surface area contributed by atoms with Crippen molar-refractivity contribution in [3.05, 3.63) is 10.4 Å². The van der Waals surface area contributed by atoms with Crippen molar-refractivity contribution in [1.29, 1.82) is 0 Å². The second-order valence-corrected chi connectivity index (χ2v) is 5.36. The molecular formula is C10H22N3O3P. The van der Waals surface area contributed by atoms with Gasteiger partial charge < -0.3 is 9.05 Å². The van der Waals surface area contributed by atoms with E-state index in [-0.39, 0.29) is 0 Å². The fraction of sp³-hybridized carbons (Fsp3) is 1.00. The van der Waals surface area contributed by atoms with Gasteiger partial charge in [0, 0.05) is 9.80 Å². The molecule has 0 fully saturated rings. The summed E-state index contributed by atoms with van der Waals surface area (Å²) in [5, 5.41) is 0. The molecule has 0 aliphatic carbocycles. The van der Waals surface area contributed by atoms with Crippen molar-refractivity contribution in [2.24, 2.45) is 4.88 Å². The summed E-state index contributed by atoms with van der Waals surface area (Å²) in [6.07, 6.45) is 5.66. The molecule has 0 saturated heterocycles. The molecule has 0 heterocycles. The van der Waals surface area contributed by atoms with E-state index < -0.39 is 7.75 Å². The van der Waals surface area contributed by atoms with Gasteiger partial charge in [0.2, 0.25) is 0 Å². The van der Waals surface area contributed by atoms with Crippen LogP contribution in [0.2, 0.25) is 0 Å². The Kier molecular flexibility index (Phi) is 10.3. The van der Waals surface area contributed by atoms with Crippen molar-refractivity contribution in [2.75, 3.05) is 13.2 Å². The molecule has 0 aliphatic rings. The fourth-order valence-corrected chi connectivity index (χ4v) is 2.20. The summed E-state index contributed by atoms with van der Waals surface area (Å²) in [4.78, 5) is 5.66. The number of hydrogen-bond donors (Lipinski definition) is 0. The topological polar surface area (TPSA) is 84.3 Å². The average molecular weight is 263 g/mol. The molecule has 6 nitrogen and oxygen atoms in total. The van der Waals surface area contributed by atoms with Crippen LogP contribution in [0, 0.1) is 0 Å². The van der Waals surface area contributed by atoms with Gasteiger partial charge in [-0.1, -0.05) is 39.5 Å². The quantitative estimate of drug-likeness (QED) is 0.176. The van der Waals surface area contributed by atoms with Crippen molar-refractivity contribution < 1.29 is 13.6 Å². The maximum absolute atomic E-state index is 11.9. The van der Waals surface area contributed by atoms with E-state index in [2.05, 4.69) is 23.6 Å². The Balaban J connectivity index is 3.98. The van der Waals surface area contributed by atoms with Gasteiger partial charge in [-0.2, -0.15) is 0 Å². The van der Waals surface area contributed by atoms with E-state index in [1.54, 1.807) is 0 Å². The van der Waals surface area contributed by atoms with Gasteiger partial charge in [0.1, 0.15) is 0 Å². The van der Waals surface area contributed by atoms with Crippen LogP contribution < -0.4 is 0 Å². The summed E-state index contributed by atoms with van der Waals surface area (Å²) in [5.74, 6) is 0. The summed E-state index contributed by atoms with van der Waals surface area (Å²) in [7, 11) is -3.59. The van der Waals surface area contributed by atoms with Crippen LogP contribution in [0.15, 0.2) is 4.88 Å². The number of nitrogens with zero attached hydrogens (tertiary/aromatic N) is 3. The normalized spacial score (nSPS) is 11.2. The molecule has 0 rings (SSSR count). The second kappa shape index (κ2) is 10.6. The van der Waals surface area contributed by atoms with Crippen LogP contribution in [0.4, 0.5) is 0 Å². The van der Waals surface area contributed by atoms with E-state index in [9.17, 15) is 4.57 Å². The van der Waals surface area contributed by atoms with E-state index in [1.807, 2.05) is 0 Å². The molecule has 0 aliphatic heterocycles. The summed E-state index contributed by atoms with van der Waals surface area (Å²) < 4.78 is 22.0. The highest BCUT2D eigenvalue weighted by Crippen LogP contribution is 2.50. The molecular weight excluding hydrogens is 241 g/mol. The van der Waals surface area contributed by atoms with Gasteiger partial charge in [0.05, 0.1) is 13.2 Å². The standard InChI is InChI=1S/C10H22N3O3P/c1-3-5-7-9-15-17(14,13-12-11)16-10-8-6-4-2/h3-10H2,1-2H3. The van der Waals surface area contributed by atoms with Crippen molar-refractivity contribution in [3.8, 4) is 0 Å². The van der Waals surface area contributed by atoms with E-state index >= 15 is 0 Å². The van der Waals surface area contributed by atoms with Gasteiger partial charge in [-0.05, 0) is 18.4 Å². The smallest absolute Gasteiger partial charge is 0.304 e. The largest absolute Gasteiger partial charge is 0.420 e. The monoisotopic (exact) mass is 263 g/mol. The minimum atomic E-state index is -3.59. The third-order valence-corrected chi connectivity index (χ3v) is 3.47. The molecule has 0 radical (unpaired) electrons. The lowest BCUT2D eigenvalue weighted by atomic mass is 10.3. The first-order chi connectivity index (χ1) is 8.18. The SMILES string of the molecule is CCCCCOP(=O)(N=[N+]=[N-])OCCCCC. The number of unbranched alkanes of at least 4 members (excludes halogenated alkanes) is 4. The molecule has 0 bridgehead atoms. The van der Waals surface area contributed by atoms with Gasteiger partial charge in [-0.15, -0.1) is 0 Å². The molecule has 0 unspecified atom stereocenters. The minimum Gasteiger partial charge on any atom is -0.304 e. The third kappa shape index (κ3) is 9.19. The van der Waals surface area contributed by atoms with Crippen molar-refractivity contribution in [3.63, 3.8) is 0 Å². The van der Waals surface area contributed by atoms with Crippen molar-refractivity contribution >= 4 is 7.75 Å². The van der Waals surface area contributed by atoms with Crippen LogP contribution in [-0.2, 0) is 13.6 Å². The zero-order chi connectivity index (χ0) is 13.0. The molecule has 0 aromatic rings. The molecule has 0 N–H and O–H groups in total. The average Bonchev–Trinajstić information content (AvgIpc) is 2.31. The summed E-state index contributed by atoms with van der Waals surface area (Å²) in [5.41, 5.74) is 8.33. The zero-order valence-electron chi connectivity index (χ0n) is 10.7. The van der Waals surface area contributed by atoms with Gasteiger partial charge in [-0.3, -0.25) is 4.57 Å². The van der Waals surface area contributed by atoms with E-state index in [4.69, 9.17) is 14.6 Å². The molecule has 0 atom stereocenters. The Morgan fingerprint density at radius 2 is 1.53 bits per heavy atom. The van der Waals surface area contributed by atoms with Crippen molar-refractivity contribution in [2.45, 2.75) is 52.4 Å². The first kappa shape index (κ1) is 16.5. The predicted molar refractivity (Wildman–Crippen MR) is 67.7 cm³/mol. The molecule has 7 heteroatoms. The Morgan fingerprint density at radius 1 is 1.06 bits per heavy atom. The van der Waals surface area contributed by atoms with Crippen LogP contribution in [0.3, 0.4) is 0 Å². The molecule has 0 amide bonds. The third-order valence-electron chi connectivity index (χ3n) is 2.15. The van der Waals surface area contributed by atoms with Gasteiger partial charge >= 0.3 is 7.75 Å². The lowest BCUT2D eigenvalue weighted by Gasteiger charge is -2.13. The highest BCUT2D eigenvalue weighted by molar-refractivity contribution is 7.52. The second-order valence-electron chi connectivity index (χ2n) is 3.73. The van der Waals surface area contributed by atoms with Crippen LogP contribution >= 0.6 is 7.75 Å². The van der Waals surface area contributed by atoms with Gasteiger partial charge in [0.15, 0.2) is 0 Å². The Hall–Kier alpha value is -0.540. The molecule has 17 heavy (non-hydrogen) atoms. The lowest BCUT2D eigenvalue weighted by molar-refractivity contribution is 0.198. The zero-order valence-corrected chi connectivity index (χ0v) is 11.6. The van der Waals surface area contributed by atoms with Gasteiger partial charge in [0.25, 0.3) is 0 Å². The summed E-state index contributed by atoms with van der Waals surface area (Å²) in [6.45, 7) is 4.73. The maximum atomic E-state index is 11.9. The predicted octanol–water partition coefficient (Wildman–Crippen LogP) is 4.82. The van der Waals surface area contributed by atoms with E-state index in [0.717, 1.165) is 38.5 Å². The lowest BCUT2D eigenvalue weighted by Crippen LogP contribution is -1.97. The molecule has 0 spiro atoms. The highest BCUT2D eigenvalue weighted by Gasteiger charge is 2.22. The molecule has 100 valence electrons. The van der Waals surface area contributed by atoms with Crippen molar-refractivity contribution in [1.82, 2.24) is 0 Å². The van der Waals surface area contributed by atoms with Gasteiger partial charge in [-0.25, -0.2) is 0 Å². The van der Waals surface area contributed by atoms with E-state index in [0.29, 0.717) is 13.2 Å². The van der Waals surface area contributed by atoms with E-state index in [1.165, 1.54) is 0 Å². The number of rotatable bonds is 11. The Morgan fingerprint density at radius 3 is 1.88 bits per heavy atom. The first-order valence-electron chi connectivity index (χ1n) is 6.14. The first-order valence-corrected chi connectivity index (χ1v) is 7.63. The highest BCUT2D eigenvalue weighted by atomic mass is 31.2. The van der Waals surface area contributed by atoms with Crippen LogP contribution in [0.5, 0.6) is 0 Å². The Bertz CT molecular complexity index is 264. The van der Waals surface area contributed by atoms with Crippen LogP contribution in [0.1, 0.15) is 52.4 Å². The maximum Gasteiger partial charge on any atom is 0.420 e. The summed E-state index contributed by atoms with van der Waals surface area (Å²) >= 11 is 0. The minimum absolute atomic E-state index is 0.303. The Labute approximate surface area is 103 Å². The van der Waals surface area contributed by atoms with Crippen LogP contribution in [-0.4, -0.2) is 13.2 Å². The fourth-order valence-electron chi connectivity index (χ4n) is 1.20. The molecule has 0 saturated carbocycles. The van der Waals surface area contributed by atoms with Crippen LogP contribution in [0.25, 0.3) is 10.4 Å². The molecule has 0 aromatic heterocycles. The number of hydrogen-bond acceptors (Lipinski definition) is 3. The number of azide groups is 1. The molecule has 0 aromatic carbocycles. The summed E-state index contributed by atoms with van der Waals surface area (Å²) in [6, 6.07) is 0.